The summed E-state index contributed by atoms with van der Waals surface area (Å²) < 4.78 is 2.26. The molecule has 5 heteroatoms. The first-order valence-corrected chi connectivity index (χ1v) is 5.34. The summed E-state index contributed by atoms with van der Waals surface area (Å²) in [6, 6.07) is 0. The maximum Gasteiger partial charge on any atom is 0.116 e. The van der Waals surface area contributed by atoms with Gasteiger partial charge in [-0.1, -0.05) is 0 Å². The van der Waals surface area contributed by atoms with Crippen LogP contribution in [0.2, 0.25) is 0 Å². The molecule has 60 valence electrons. The standard InChI is InChI=1S/C7H3I2N3/c8-4-1-11-5-2-10-3-12-7(5)6(4)9/h1-3H. The van der Waals surface area contributed by atoms with E-state index < -0.39 is 0 Å². The normalized spacial score (nSPS) is 10.5. The van der Waals surface area contributed by atoms with Crippen LogP contribution in [0.5, 0.6) is 0 Å². The average molecular weight is 383 g/mol. The fourth-order valence-electron chi connectivity index (χ4n) is 0.882. The van der Waals surface area contributed by atoms with Crippen LogP contribution in [0, 0.1) is 7.14 Å². The van der Waals surface area contributed by atoms with E-state index in [-0.39, 0.29) is 0 Å². The Bertz CT molecular complexity index is 430. The summed E-state index contributed by atoms with van der Waals surface area (Å²) in [5.41, 5.74) is 1.78. The van der Waals surface area contributed by atoms with Crippen molar-refractivity contribution in [2.75, 3.05) is 0 Å². The lowest BCUT2D eigenvalue weighted by Gasteiger charge is -1.98. The third kappa shape index (κ3) is 1.39. The monoisotopic (exact) mass is 383 g/mol. The van der Waals surface area contributed by atoms with E-state index in [1.807, 2.05) is 6.20 Å². The van der Waals surface area contributed by atoms with Gasteiger partial charge in [-0.2, -0.15) is 0 Å². The van der Waals surface area contributed by atoms with E-state index in [9.17, 15) is 0 Å². The van der Waals surface area contributed by atoms with Gasteiger partial charge in [-0.15, -0.1) is 0 Å². The first kappa shape index (κ1) is 8.54. The molecule has 2 heterocycles. The number of rotatable bonds is 0. The van der Waals surface area contributed by atoms with Crippen LogP contribution in [-0.4, -0.2) is 15.0 Å². The molecule has 0 radical (unpaired) electrons. The Morgan fingerprint density at radius 3 is 2.75 bits per heavy atom. The van der Waals surface area contributed by atoms with Gasteiger partial charge in [-0.25, -0.2) is 9.97 Å². The van der Waals surface area contributed by atoms with Crippen molar-refractivity contribution in [3.8, 4) is 0 Å². The Balaban J connectivity index is 2.91. The summed E-state index contributed by atoms with van der Waals surface area (Å²) in [7, 11) is 0. The molecule has 0 bridgehead atoms. The molecule has 0 saturated carbocycles. The van der Waals surface area contributed by atoms with Gasteiger partial charge in [-0.3, -0.25) is 4.98 Å². The van der Waals surface area contributed by atoms with Gasteiger partial charge < -0.3 is 0 Å². The highest BCUT2D eigenvalue weighted by molar-refractivity contribution is 14.1. The number of fused-ring (bicyclic) bond motifs is 1. The number of nitrogens with zero attached hydrogens (tertiary/aromatic N) is 3. The predicted octanol–water partition coefficient (Wildman–Crippen LogP) is 2.23. The van der Waals surface area contributed by atoms with E-state index in [1.54, 1.807) is 12.5 Å². The number of aromatic nitrogens is 3. The fraction of sp³-hybridized carbons (Fsp3) is 0. The van der Waals surface area contributed by atoms with Crippen molar-refractivity contribution in [3.63, 3.8) is 0 Å². The minimum atomic E-state index is 0.849. The van der Waals surface area contributed by atoms with Crippen LogP contribution < -0.4 is 0 Å². The van der Waals surface area contributed by atoms with Crippen LogP contribution in [0.4, 0.5) is 0 Å². The van der Waals surface area contributed by atoms with Crippen molar-refractivity contribution in [2.24, 2.45) is 0 Å². The largest absolute Gasteiger partial charge is 0.252 e. The van der Waals surface area contributed by atoms with Crippen molar-refractivity contribution in [2.45, 2.75) is 0 Å². The molecule has 0 saturated heterocycles. The summed E-state index contributed by atoms with van der Waals surface area (Å²) in [6.07, 6.45) is 5.09. The van der Waals surface area contributed by atoms with E-state index in [4.69, 9.17) is 0 Å². The number of pyridine rings is 1. The first-order valence-electron chi connectivity index (χ1n) is 3.19. The van der Waals surface area contributed by atoms with E-state index >= 15 is 0 Å². The topological polar surface area (TPSA) is 38.7 Å². The first-order chi connectivity index (χ1) is 5.79. The maximum atomic E-state index is 4.20. The predicted molar refractivity (Wildman–Crippen MR) is 62.8 cm³/mol. The molecular weight excluding hydrogens is 380 g/mol. The highest BCUT2D eigenvalue weighted by atomic mass is 127. The molecule has 3 nitrogen and oxygen atoms in total. The van der Waals surface area contributed by atoms with Gasteiger partial charge in [0, 0.05) is 9.77 Å². The van der Waals surface area contributed by atoms with Gasteiger partial charge >= 0.3 is 0 Å². The lowest BCUT2D eigenvalue weighted by molar-refractivity contribution is 1.19. The minimum absolute atomic E-state index is 0.849. The van der Waals surface area contributed by atoms with Crippen molar-refractivity contribution >= 4 is 56.2 Å². The molecule has 0 unspecified atom stereocenters. The van der Waals surface area contributed by atoms with Crippen LogP contribution >= 0.6 is 45.2 Å². The quantitative estimate of drug-likeness (QED) is 0.656. The SMILES string of the molecule is Ic1cnc2cncnc2c1I. The summed E-state index contributed by atoms with van der Waals surface area (Å²) in [5, 5.41) is 0. The zero-order valence-corrected chi connectivity index (χ0v) is 10.1. The molecule has 0 aliphatic carbocycles. The van der Waals surface area contributed by atoms with E-state index in [0.29, 0.717) is 0 Å². The molecular formula is C7H3I2N3. The van der Waals surface area contributed by atoms with Gasteiger partial charge in [0.1, 0.15) is 17.4 Å². The van der Waals surface area contributed by atoms with Crippen molar-refractivity contribution < 1.29 is 0 Å². The van der Waals surface area contributed by atoms with Gasteiger partial charge in [0.25, 0.3) is 0 Å². The Labute approximate surface area is 96.3 Å². The lowest BCUT2D eigenvalue weighted by Crippen LogP contribution is -1.90. The molecule has 0 atom stereocenters. The molecule has 2 aromatic heterocycles. The Hall–Kier alpha value is -0.0500. The molecule has 0 N–H and O–H groups in total. The summed E-state index contributed by atoms with van der Waals surface area (Å²) in [6.45, 7) is 0. The number of hydrogen-bond acceptors (Lipinski definition) is 3. The fourth-order valence-corrected chi connectivity index (χ4v) is 1.83. The number of hydrogen-bond donors (Lipinski definition) is 0. The lowest BCUT2D eigenvalue weighted by atomic mass is 10.4. The van der Waals surface area contributed by atoms with E-state index in [1.165, 1.54) is 0 Å². The molecule has 0 aliphatic rings. The minimum Gasteiger partial charge on any atom is -0.252 e. The van der Waals surface area contributed by atoms with Crippen molar-refractivity contribution in [1.29, 1.82) is 0 Å². The smallest absolute Gasteiger partial charge is 0.116 e. The Morgan fingerprint density at radius 2 is 1.92 bits per heavy atom. The van der Waals surface area contributed by atoms with Crippen molar-refractivity contribution in [3.05, 3.63) is 25.9 Å². The molecule has 2 aromatic rings. The average Bonchev–Trinajstić information content (AvgIpc) is 2.12. The summed E-state index contributed by atoms with van der Waals surface area (Å²) >= 11 is 4.51. The summed E-state index contributed by atoms with van der Waals surface area (Å²) in [5.74, 6) is 0. The number of halogens is 2. The third-order valence-corrected chi connectivity index (χ3v) is 4.37. The van der Waals surface area contributed by atoms with Crippen LogP contribution in [-0.2, 0) is 0 Å². The molecule has 0 spiro atoms. The molecule has 12 heavy (non-hydrogen) atoms. The Kier molecular flexibility index (Phi) is 2.40. The van der Waals surface area contributed by atoms with Gasteiger partial charge in [0.05, 0.1) is 9.77 Å². The molecule has 0 amide bonds. The maximum absolute atomic E-state index is 4.20. The highest BCUT2D eigenvalue weighted by Gasteiger charge is 2.03. The van der Waals surface area contributed by atoms with E-state index in [0.717, 1.165) is 18.2 Å². The second kappa shape index (κ2) is 3.36. The van der Waals surface area contributed by atoms with Crippen LogP contribution in [0.15, 0.2) is 18.7 Å². The van der Waals surface area contributed by atoms with Crippen LogP contribution in [0.1, 0.15) is 0 Å². The molecule has 0 aromatic carbocycles. The van der Waals surface area contributed by atoms with Crippen molar-refractivity contribution in [1.82, 2.24) is 15.0 Å². The molecule has 0 aliphatic heterocycles. The van der Waals surface area contributed by atoms with Gasteiger partial charge in [0.2, 0.25) is 0 Å². The zero-order valence-electron chi connectivity index (χ0n) is 5.83. The van der Waals surface area contributed by atoms with Crippen LogP contribution in [0.3, 0.4) is 0 Å². The zero-order chi connectivity index (χ0) is 8.55. The third-order valence-electron chi connectivity index (χ3n) is 1.43. The molecule has 0 fully saturated rings. The second-order valence-electron chi connectivity index (χ2n) is 2.18. The van der Waals surface area contributed by atoms with E-state index in [2.05, 4.69) is 60.1 Å². The Morgan fingerprint density at radius 1 is 1.08 bits per heavy atom. The summed E-state index contributed by atoms with van der Waals surface area (Å²) in [4.78, 5) is 12.3. The highest BCUT2D eigenvalue weighted by Crippen LogP contribution is 2.20. The van der Waals surface area contributed by atoms with Gasteiger partial charge in [-0.05, 0) is 45.2 Å². The van der Waals surface area contributed by atoms with Crippen LogP contribution in [0.25, 0.3) is 11.0 Å². The molecule has 2 rings (SSSR count). The second-order valence-corrected chi connectivity index (χ2v) is 4.42. The van der Waals surface area contributed by atoms with Gasteiger partial charge in [0.15, 0.2) is 0 Å².